The highest BCUT2D eigenvalue weighted by Gasteiger charge is 2.16. The van der Waals surface area contributed by atoms with Crippen molar-refractivity contribution >= 4 is 23.6 Å². The molecule has 0 bridgehead atoms. The van der Waals surface area contributed by atoms with Gasteiger partial charge in [-0.15, -0.1) is 0 Å². The first kappa shape index (κ1) is 21.5. The quantitative estimate of drug-likeness (QED) is 0.522. The first-order chi connectivity index (χ1) is 13.8. The Morgan fingerprint density at radius 2 is 1.97 bits per heavy atom. The fourth-order valence-corrected chi connectivity index (χ4v) is 2.57. The third kappa shape index (κ3) is 5.84. The van der Waals surface area contributed by atoms with Crippen LogP contribution in [-0.2, 0) is 9.59 Å². The number of para-hydroxylation sites is 1. The Bertz CT molecular complexity index is 989. The van der Waals surface area contributed by atoms with Crippen LogP contribution in [0.15, 0.2) is 42.0 Å². The molecule has 0 saturated heterocycles. The Morgan fingerprint density at radius 3 is 2.62 bits per heavy atom. The van der Waals surface area contributed by atoms with Crippen molar-refractivity contribution in [3.05, 3.63) is 58.7 Å². The van der Waals surface area contributed by atoms with Crippen LogP contribution in [0.2, 0.25) is 0 Å². The molecule has 0 unspecified atom stereocenters. The zero-order valence-corrected chi connectivity index (χ0v) is 16.5. The Morgan fingerprint density at radius 1 is 1.21 bits per heavy atom. The summed E-state index contributed by atoms with van der Waals surface area (Å²) in [5.74, 6) is -1.25. The molecule has 0 heterocycles. The van der Waals surface area contributed by atoms with E-state index in [0.29, 0.717) is 23.6 Å². The van der Waals surface area contributed by atoms with E-state index in [1.807, 2.05) is 38.1 Å². The number of aliphatic carboxylic acids is 1. The van der Waals surface area contributed by atoms with Gasteiger partial charge in [0.1, 0.15) is 11.6 Å². The van der Waals surface area contributed by atoms with E-state index in [0.717, 1.165) is 11.1 Å². The van der Waals surface area contributed by atoms with Crippen LogP contribution in [0.1, 0.15) is 23.6 Å². The van der Waals surface area contributed by atoms with Crippen molar-refractivity contribution in [2.24, 2.45) is 0 Å². The molecule has 1 amide bonds. The molecule has 2 N–H and O–H groups in total. The van der Waals surface area contributed by atoms with Crippen LogP contribution < -0.4 is 14.8 Å². The minimum absolute atomic E-state index is 0.153. The molecule has 0 fully saturated rings. The van der Waals surface area contributed by atoms with Crippen LogP contribution in [0.5, 0.6) is 11.5 Å². The molecule has 2 aromatic rings. The summed E-state index contributed by atoms with van der Waals surface area (Å²) in [5.41, 5.74) is 2.67. The lowest BCUT2D eigenvalue weighted by atomic mass is 10.1. The molecular weight excluding hydrogens is 372 g/mol. The smallest absolute Gasteiger partial charge is 0.341 e. The van der Waals surface area contributed by atoms with Gasteiger partial charge in [0.15, 0.2) is 18.1 Å². The summed E-state index contributed by atoms with van der Waals surface area (Å²) < 4.78 is 10.8. The number of aryl methyl sites for hydroxylation is 2. The van der Waals surface area contributed by atoms with Crippen molar-refractivity contribution in [1.29, 1.82) is 5.26 Å². The van der Waals surface area contributed by atoms with Gasteiger partial charge in [0.2, 0.25) is 0 Å². The summed E-state index contributed by atoms with van der Waals surface area (Å²) in [6.45, 7) is 5.30. The molecule has 0 radical (unpaired) electrons. The fourth-order valence-electron chi connectivity index (χ4n) is 2.57. The third-order valence-electron chi connectivity index (χ3n) is 3.96. The van der Waals surface area contributed by atoms with Crippen LogP contribution in [-0.4, -0.2) is 30.2 Å². The van der Waals surface area contributed by atoms with Crippen LogP contribution in [0, 0.1) is 25.2 Å². The number of amides is 1. The molecule has 0 atom stereocenters. The monoisotopic (exact) mass is 394 g/mol. The summed E-state index contributed by atoms with van der Waals surface area (Å²) in [5, 5.41) is 21.1. The molecule has 2 rings (SSSR count). The highest BCUT2D eigenvalue weighted by molar-refractivity contribution is 6.10. The number of ether oxygens (including phenoxy) is 2. The molecule has 150 valence electrons. The average molecular weight is 394 g/mol. The Balaban J connectivity index is 2.39. The SMILES string of the molecule is CCOc1cccc(/C=C(/C#N)C(=O)Nc2cc(C)ccc2C)c1OCC(=O)O. The number of nitrogens with zero attached hydrogens (tertiary/aromatic N) is 1. The molecule has 0 aromatic heterocycles. The first-order valence-corrected chi connectivity index (χ1v) is 8.96. The Kier molecular flexibility index (Phi) is 7.38. The predicted octanol–water partition coefficient (Wildman–Crippen LogP) is 3.71. The van der Waals surface area contributed by atoms with Gasteiger partial charge < -0.3 is 19.9 Å². The van der Waals surface area contributed by atoms with Gasteiger partial charge in [-0.05, 0) is 50.1 Å². The summed E-state index contributed by atoms with van der Waals surface area (Å²) in [6, 6.07) is 12.4. The van der Waals surface area contributed by atoms with Crippen molar-refractivity contribution in [1.82, 2.24) is 0 Å². The van der Waals surface area contributed by atoms with Crippen LogP contribution in [0.25, 0.3) is 6.08 Å². The number of carbonyl (C=O) groups excluding carboxylic acids is 1. The standard InChI is InChI=1S/C22H22N2O5/c1-4-28-19-7-5-6-16(21(19)29-13-20(25)26)11-17(12-23)22(27)24-18-10-14(2)8-9-15(18)3/h5-11H,4,13H2,1-3H3,(H,24,27)(H,25,26)/b17-11-. The Labute approximate surface area is 169 Å². The lowest BCUT2D eigenvalue weighted by Gasteiger charge is -2.14. The zero-order chi connectivity index (χ0) is 21.4. The van der Waals surface area contributed by atoms with E-state index in [2.05, 4.69) is 5.32 Å². The number of hydrogen-bond donors (Lipinski definition) is 2. The molecule has 2 aromatic carbocycles. The number of anilines is 1. The number of hydrogen-bond acceptors (Lipinski definition) is 5. The van der Waals surface area contributed by atoms with Crippen molar-refractivity contribution in [2.75, 3.05) is 18.5 Å². The number of carboxylic acid groups (broad SMARTS) is 1. The van der Waals surface area contributed by atoms with E-state index in [1.165, 1.54) is 6.08 Å². The van der Waals surface area contributed by atoms with E-state index in [1.54, 1.807) is 25.1 Å². The van der Waals surface area contributed by atoms with E-state index in [9.17, 15) is 14.9 Å². The minimum Gasteiger partial charge on any atom is -0.490 e. The third-order valence-corrected chi connectivity index (χ3v) is 3.96. The number of carbonyl (C=O) groups is 2. The largest absolute Gasteiger partial charge is 0.490 e. The number of nitriles is 1. The van der Waals surface area contributed by atoms with Gasteiger partial charge in [0, 0.05) is 11.3 Å². The number of nitrogens with one attached hydrogen (secondary N) is 1. The summed E-state index contributed by atoms with van der Waals surface area (Å²) in [6.07, 6.45) is 1.35. The number of carboxylic acids is 1. The van der Waals surface area contributed by atoms with Crippen LogP contribution >= 0.6 is 0 Å². The molecule has 0 spiro atoms. The highest BCUT2D eigenvalue weighted by atomic mass is 16.5. The predicted molar refractivity (Wildman–Crippen MR) is 109 cm³/mol. The van der Waals surface area contributed by atoms with Crippen LogP contribution in [0.3, 0.4) is 0 Å². The molecule has 0 aliphatic heterocycles. The lowest BCUT2D eigenvalue weighted by molar-refractivity contribution is -0.139. The summed E-state index contributed by atoms with van der Waals surface area (Å²) in [7, 11) is 0. The molecule has 29 heavy (non-hydrogen) atoms. The van der Waals surface area contributed by atoms with Gasteiger partial charge in [-0.2, -0.15) is 5.26 Å². The second-order valence-corrected chi connectivity index (χ2v) is 6.23. The van der Waals surface area contributed by atoms with Gasteiger partial charge in [-0.1, -0.05) is 24.3 Å². The lowest BCUT2D eigenvalue weighted by Crippen LogP contribution is -2.15. The molecule has 0 saturated carbocycles. The van der Waals surface area contributed by atoms with Crippen molar-refractivity contribution < 1.29 is 24.2 Å². The van der Waals surface area contributed by atoms with Gasteiger partial charge in [-0.3, -0.25) is 4.79 Å². The molecule has 7 heteroatoms. The normalized spacial score (nSPS) is 10.8. The maximum atomic E-state index is 12.6. The van der Waals surface area contributed by atoms with Crippen molar-refractivity contribution in [3.8, 4) is 17.6 Å². The first-order valence-electron chi connectivity index (χ1n) is 8.96. The molecule has 0 aliphatic rings. The second kappa shape index (κ2) is 9.95. The van der Waals surface area contributed by atoms with E-state index < -0.39 is 18.5 Å². The zero-order valence-electron chi connectivity index (χ0n) is 16.5. The molecule has 0 aliphatic carbocycles. The average Bonchev–Trinajstić information content (AvgIpc) is 2.68. The number of benzene rings is 2. The molecular formula is C22H22N2O5. The maximum Gasteiger partial charge on any atom is 0.341 e. The van der Waals surface area contributed by atoms with Gasteiger partial charge in [0.25, 0.3) is 5.91 Å². The summed E-state index contributed by atoms with van der Waals surface area (Å²) >= 11 is 0. The van der Waals surface area contributed by atoms with E-state index in [-0.39, 0.29) is 11.3 Å². The maximum absolute atomic E-state index is 12.6. The van der Waals surface area contributed by atoms with Gasteiger partial charge in [-0.25, -0.2) is 4.79 Å². The fraction of sp³-hybridized carbons (Fsp3) is 0.227. The highest BCUT2D eigenvalue weighted by Crippen LogP contribution is 2.33. The second-order valence-electron chi connectivity index (χ2n) is 6.23. The summed E-state index contributed by atoms with van der Waals surface area (Å²) in [4.78, 5) is 23.5. The van der Waals surface area contributed by atoms with Gasteiger partial charge >= 0.3 is 5.97 Å². The number of rotatable bonds is 8. The van der Waals surface area contributed by atoms with Crippen molar-refractivity contribution in [3.63, 3.8) is 0 Å². The van der Waals surface area contributed by atoms with Crippen molar-refractivity contribution in [2.45, 2.75) is 20.8 Å². The topological polar surface area (TPSA) is 109 Å². The van der Waals surface area contributed by atoms with E-state index in [4.69, 9.17) is 14.6 Å². The van der Waals surface area contributed by atoms with E-state index >= 15 is 0 Å². The van der Waals surface area contributed by atoms with Crippen LogP contribution in [0.4, 0.5) is 5.69 Å². The Hall–Kier alpha value is -3.79. The minimum atomic E-state index is -1.15. The molecule has 7 nitrogen and oxygen atoms in total. The van der Waals surface area contributed by atoms with Gasteiger partial charge in [0.05, 0.1) is 6.61 Å².